The summed E-state index contributed by atoms with van der Waals surface area (Å²) in [5.74, 6) is 1.66. The average Bonchev–Trinajstić information content (AvgIpc) is 3.10. The Morgan fingerprint density at radius 1 is 1.25 bits per heavy atom. The maximum Gasteiger partial charge on any atom is 0.0445 e. The molecule has 0 amide bonds. The van der Waals surface area contributed by atoms with Crippen LogP contribution >= 0.6 is 0 Å². The zero-order valence-electron chi connectivity index (χ0n) is 11.2. The molecule has 0 radical (unpaired) electrons. The zero-order chi connectivity index (χ0) is 12.0. The standard InChI is InChI=1S/C14H29NO/c1-4-11(3)10-13(5-2)15-14(8-9-16)12-6-7-12/h11-16H,4-10H2,1-3H3. The normalized spacial score (nSPS) is 21.8. The summed E-state index contributed by atoms with van der Waals surface area (Å²) in [7, 11) is 0. The lowest BCUT2D eigenvalue weighted by atomic mass is 9.96. The molecule has 0 saturated heterocycles. The van der Waals surface area contributed by atoms with E-state index >= 15 is 0 Å². The van der Waals surface area contributed by atoms with Gasteiger partial charge >= 0.3 is 0 Å². The SMILES string of the molecule is CCC(C)CC(CC)NC(CCO)C1CC1. The number of rotatable bonds is 9. The van der Waals surface area contributed by atoms with Crippen LogP contribution in [0.5, 0.6) is 0 Å². The van der Waals surface area contributed by atoms with Crippen LogP contribution < -0.4 is 5.32 Å². The van der Waals surface area contributed by atoms with Gasteiger partial charge in [-0.2, -0.15) is 0 Å². The molecule has 0 bridgehead atoms. The first-order valence-electron chi connectivity index (χ1n) is 7.08. The maximum absolute atomic E-state index is 9.09. The zero-order valence-corrected chi connectivity index (χ0v) is 11.2. The van der Waals surface area contributed by atoms with Crippen molar-refractivity contribution in [2.75, 3.05) is 6.61 Å². The van der Waals surface area contributed by atoms with E-state index in [0.717, 1.165) is 18.3 Å². The van der Waals surface area contributed by atoms with Crippen LogP contribution in [0.2, 0.25) is 0 Å². The Balaban J connectivity index is 2.33. The third kappa shape index (κ3) is 4.84. The first-order chi connectivity index (χ1) is 7.71. The summed E-state index contributed by atoms with van der Waals surface area (Å²) >= 11 is 0. The van der Waals surface area contributed by atoms with Crippen LogP contribution in [0.1, 0.15) is 59.3 Å². The lowest BCUT2D eigenvalue weighted by molar-refractivity contribution is 0.239. The highest BCUT2D eigenvalue weighted by atomic mass is 16.3. The molecular formula is C14H29NO. The average molecular weight is 227 g/mol. The number of aliphatic hydroxyl groups is 1. The third-order valence-corrected chi connectivity index (χ3v) is 3.96. The van der Waals surface area contributed by atoms with E-state index in [4.69, 9.17) is 5.11 Å². The van der Waals surface area contributed by atoms with Gasteiger partial charge in [0.05, 0.1) is 0 Å². The topological polar surface area (TPSA) is 32.3 Å². The van der Waals surface area contributed by atoms with Gasteiger partial charge in [-0.3, -0.25) is 0 Å². The maximum atomic E-state index is 9.09. The highest BCUT2D eigenvalue weighted by Gasteiger charge is 2.31. The summed E-state index contributed by atoms with van der Waals surface area (Å²) in [6, 6.07) is 1.21. The summed E-state index contributed by atoms with van der Waals surface area (Å²) in [6.07, 6.45) is 7.41. The Morgan fingerprint density at radius 2 is 1.94 bits per heavy atom. The monoisotopic (exact) mass is 227 g/mol. The van der Waals surface area contributed by atoms with E-state index in [0.29, 0.717) is 18.7 Å². The molecule has 96 valence electrons. The number of nitrogens with one attached hydrogen (secondary N) is 1. The van der Waals surface area contributed by atoms with Crippen molar-refractivity contribution in [3.8, 4) is 0 Å². The van der Waals surface area contributed by atoms with Crippen molar-refractivity contribution < 1.29 is 5.11 Å². The molecule has 2 nitrogen and oxygen atoms in total. The lowest BCUT2D eigenvalue weighted by Crippen LogP contribution is -2.40. The molecule has 1 rings (SSSR count). The molecule has 1 saturated carbocycles. The first kappa shape index (κ1) is 14.0. The molecule has 1 aliphatic rings. The van der Waals surface area contributed by atoms with Gasteiger partial charge in [0.1, 0.15) is 0 Å². The van der Waals surface area contributed by atoms with Crippen LogP contribution in [0.15, 0.2) is 0 Å². The van der Waals surface area contributed by atoms with Gasteiger partial charge in [0.2, 0.25) is 0 Å². The van der Waals surface area contributed by atoms with Gasteiger partial charge in [-0.1, -0.05) is 27.2 Å². The van der Waals surface area contributed by atoms with Gasteiger partial charge < -0.3 is 10.4 Å². The first-order valence-corrected chi connectivity index (χ1v) is 7.08. The molecule has 1 fully saturated rings. The van der Waals surface area contributed by atoms with E-state index < -0.39 is 0 Å². The van der Waals surface area contributed by atoms with E-state index in [9.17, 15) is 0 Å². The minimum atomic E-state index is 0.327. The van der Waals surface area contributed by atoms with E-state index in [2.05, 4.69) is 26.1 Å². The predicted octanol–water partition coefficient (Wildman–Crippen LogP) is 2.95. The lowest BCUT2D eigenvalue weighted by Gasteiger charge is -2.26. The second kappa shape index (κ2) is 7.29. The highest BCUT2D eigenvalue weighted by molar-refractivity contribution is 4.88. The Kier molecular flexibility index (Phi) is 6.37. The fourth-order valence-electron chi connectivity index (χ4n) is 2.40. The summed E-state index contributed by atoms with van der Waals surface area (Å²) in [4.78, 5) is 0. The highest BCUT2D eigenvalue weighted by Crippen LogP contribution is 2.34. The van der Waals surface area contributed by atoms with Crippen LogP contribution in [0.4, 0.5) is 0 Å². The van der Waals surface area contributed by atoms with Crippen LogP contribution in [0, 0.1) is 11.8 Å². The number of hydrogen-bond acceptors (Lipinski definition) is 2. The Morgan fingerprint density at radius 3 is 2.38 bits per heavy atom. The summed E-state index contributed by atoms with van der Waals surface area (Å²) in [6.45, 7) is 7.20. The molecule has 3 unspecified atom stereocenters. The quantitative estimate of drug-likeness (QED) is 0.635. The Hall–Kier alpha value is -0.0800. The van der Waals surface area contributed by atoms with Crippen molar-refractivity contribution in [1.29, 1.82) is 0 Å². The molecule has 3 atom stereocenters. The predicted molar refractivity (Wildman–Crippen MR) is 69.5 cm³/mol. The van der Waals surface area contributed by atoms with Crippen molar-refractivity contribution >= 4 is 0 Å². The largest absolute Gasteiger partial charge is 0.396 e. The van der Waals surface area contributed by atoms with E-state index in [-0.39, 0.29) is 0 Å². The van der Waals surface area contributed by atoms with Crippen molar-refractivity contribution in [2.24, 2.45) is 11.8 Å². The number of aliphatic hydroxyl groups excluding tert-OH is 1. The van der Waals surface area contributed by atoms with E-state index in [1.807, 2.05) is 0 Å². The van der Waals surface area contributed by atoms with Crippen LogP contribution in [0.3, 0.4) is 0 Å². The Labute approximate surface area is 101 Å². The van der Waals surface area contributed by atoms with Crippen molar-refractivity contribution in [3.63, 3.8) is 0 Å². The van der Waals surface area contributed by atoms with Gasteiger partial charge in [-0.25, -0.2) is 0 Å². The molecule has 1 aliphatic carbocycles. The van der Waals surface area contributed by atoms with E-state index in [1.54, 1.807) is 0 Å². The fraction of sp³-hybridized carbons (Fsp3) is 1.00. The van der Waals surface area contributed by atoms with Crippen LogP contribution in [-0.4, -0.2) is 23.8 Å². The van der Waals surface area contributed by atoms with Crippen LogP contribution in [0.25, 0.3) is 0 Å². The van der Waals surface area contributed by atoms with Gasteiger partial charge in [-0.15, -0.1) is 0 Å². The molecule has 0 aliphatic heterocycles. The molecule has 0 spiro atoms. The minimum absolute atomic E-state index is 0.327. The summed E-state index contributed by atoms with van der Waals surface area (Å²) in [5.41, 5.74) is 0. The van der Waals surface area contributed by atoms with Crippen molar-refractivity contribution in [3.05, 3.63) is 0 Å². The molecule has 0 aromatic carbocycles. The summed E-state index contributed by atoms with van der Waals surface area (Å²) in [5, 5.41) is 12.9. The molecular weight excluding hydrogens is 198 g/mol. The molecule has 16 heavy (non-hydrogen) atoms. The molecule has 0 aromatic rings. The second-order valence-electron chi connectivity index (χ2n) is 5.48. The summed E-state index contributed by atoms with van der Waals surface area (Å²) < 4.78 is 0. The third-order valence-electron chi connectivity index (χ3n) is 3.96. The van der Waals surface area contributed by atoms with Crippen molar-refractivity contribution in [1.82, 2.24) is 5.32 Å². The molecule has 2 N–H and O–H groups in total. The van der Waals surface area contributed by atoms with Gasteiger partial charge in [0, 0.05) is 18.7 Å². The minimum Gasteiger partial charge on any atom is -0.396 e. The Bertz CT molecular complexity index is 180. The molecule has 2 heteroatoms. The smallest absolute Gasteiger partial charge is 0.0445 e. The van der Waals surface area contributed by atoms with E-state index in [1.165, 1.54) is 32.1 Å². The van der Waals surface area contributed by atoms with Gasteiger partial charge in [0.25, 0.3) is 0 Å². The fourth-order valence-corrected chi connectivity index (χ4v) is 2.40. The number of hydrogen-bond donors (Lipinski definition) is 2. The van der Waals surface area contributed by atoms with Crippen molar-refractivity contribution in [2.45, 2.75) is 71.4 Å². The van der Waals surface area contributed by atoms with Gasteiger partial charge in [-0.05, 0) is 43.9 Å². The molecule has 0 heterocycles. The van der Waals surface area contributed by atoms with Crippen LogP contribution in [-0.2, 0) is 0 Å². The van der Waals surface area contributed by atoms with Gasteiger partial charge in [0.15, 0.2) is 0 Å². The molecule has 0 aromatic heterocycles. The second-order valence-corrected chi connectivity index (χ2v) is 5.48.